The summed E-state index contributed by atoms with van der Waals surface area (Å²) < 4.78 is 0. The van der Waals surface area contributed by atoms with Gasteiger partial charge in [-0.3, -0.25) is 0 Å². The molecule has 1 heterocycles. The third-order valence-corrected chi connectivity index (χ3v) is 5.92. The van der Waals surface area contributed by atoms with Gasteiger partial charge < -0.3 is 5.73 Å². The summed E-state index contributed by atoms with van der Waals surface area (Å²) in [6.07, 6.45) is 2.56. The van der Waals surface area contributed by atoms with Crippen LogP contribution in [0.5, 0.6) is 0 Å². The summed E-state index contributed by atoms with van der Waals surface area (Å²) in [6, 6.07) is 11.4. The molecule has 19 heavy (non-hydrogen) atoms. The van der Waals surface area contributed by atoms with E-state index < -0.39 is 0 Å². The van der Waals surface area contributed by atoms with E-state index in [4.69, 9.17) is 5.73 Å². The van der Waals surface area contributed by atoms with Gasteiger partial charge >= 0.3 is 0 Å². The predicted octanol–water partition coefficient (Wildman–Crippen LogP) is 4.03. The number of fused-ring (bicyclic) bond motifs is 3. The van der Waals surface area contributed by atoms with Crippen LogP contribution >= 0.6 is 11.3 Å². The van der Waals surface area contributed by atoms with Crippen molar-refractivity contribution in [2.75, 3.05) is 0 Å². The van der Waals surface area contributed by atoms with Gasteiger partial charge in [0.1, 0.15) is 0 Å². The van der Waals surface area contributed by atoms with Gasteiger partial charge in [-0.25, -0.2) is 0 Å². The number of rotatable bonds is 2. The Kier molecular flexibility index (Phi) is 2.58. The van der Waals surface area contributed by atoms with E-state index >= 15 is 0 Å². The first-order chi connectivity index (χ1) is 9.27. The Morgan fingerprint density at radius 3 is 2.89 bits per heavy atom. The molecule has 98 valence electrons. The molecule has 4 rings (SSSR count). The monoisotopic (exact) mass is 269 g/mol. The van der Waals surface area contributed by atoms with Gasteiger partial charge in [-0.15, -0.1) is 11.3 Å². The Bertz CT molecular complexity index is 615. The predicted molar refractivity (Wildman–Crippen MR) is 80.5 cm³/mol. The van der Waals surface area contributed by atoms with Crippen LogP contribution in [-0.4, -0.2) is 0 Å². The van der Waals surface area contributed by atoms with Gasteiger partial charge in [-0.05, 0) is 65.7 Å². The standard InChI is InChI=1S/C17H19NS/c1-10-12(8-9-19-10)17(18)16-14-7-6-11-4-2-3-5-13(11)15(14)16/h2-5,8-9,14-17H,6-7,18H2,1H3. The summed E-state index contributed by atoms with van der Waals surface area (Å²) >= 11 is 1.82. The van der Waals surface area contributed by atoms with Gasteiger partial charge in [0.25, 0.3) is 0 Å². The number of benzene rings is 1. The molecule has 0 amide bonds. The third kappa shape index (κ3) is 1.70. The molecule has 0 bridgehead atoms. The minimum absolute atomic E-state index is 0.229. The first-order valence-corrected chi connectivity index (χ1v) is 8.02. The maximum atomic E-state index is 6.57. The highest BCUT2D eigenvalue weighted by molar-refractivity contribution is 7.10. The molecule has 2 aromatic rings. The average molecular weight is 269 g/mol. The second kappa shape index (κ2) is 4.19. The molecule has 0 aliphatic heterocycles. The van der Waals surface area contributed by atoms with Crippen LogP contribution in [0.15, 0.2) is 35.7 Å². The first kappa shape index (κ1) is 11.7. The topological polar surface area (TPSA) is 26.0 Å². The normalized spacial score (nSPS) is 29.5. The third-order valence-electron chi connectivity index (χ3n) is 5.06. The van der Waals surface area contributed by atoms with Gasteiger partial charge in [0.15, 0.2) is 0 Å². The summed E-state index contributed by atoms with van der Waals surface area (Å²) in [5.41, 5.74) is 11.1. The summed E-state index contributed by atoms with van der Waals surface area (Å²) in [5.74, 6) is 2.21. The summed E-state index contributed by atoms with van der Waals surface area (Å²) in [4.78, 5) is 1.39. The minimum atomic E-state index is 0.229. The summed E-state index contributed by atoms with van der Waals surface area (Å²) in [5, 5.41) is 2.17. The highest BCUT2D eigenvalue weighted by atomic mass is 32.1. The van der Waals surface area contributed by atoms with Crippen LogP contribution in [0, 0.1) is 18.8 Å². The summed E-state index contributed by atoms with van der Waals surface area (Å²) in [6.45, 7) is 2.19. The van der Waals surface area contributed by atoms with Gasteiger partial charge in [-0.2, -0.15) is 0 Å². The quantitative estimate of drug-likeness (QED) is 0.875. The van der Waals surface area contributed by atoms with Gasteiger partial charge in [0, 0.05) is 10.9 Å². The molecule has 1 fully saturated rings. The van der Waals surface area contributed by atoms with Crippen LogP contribution in [0.25, 0.3) is 0 Å². The molecule has 0 spiro atoms. The molecule has 0 radical (unpaired) electrons. The molecule has 2 N–H and O–H groups in total. The fourth-order valence-corrected chi connectivity index (χ4v) is 4.82. The Morgan fingerprint density at radius 1 is 1.26 bits per heavy atom. The Labute approximate surface area is 118 Å². The Balaban J connectivity index is 1.66. The van der Waals surface area contributed by atoms with E-state index in [1.807, 2.05) is 11.3 Å². The van der Waals surface area contributed by atoms with Crippen molar-refractivity contribution in [3.05, 3.63) is 57.3 Å². The number of nitrogens with two attached hydrogens (primary N) is 1. The van der Waals surface area contributed by atoms with Crippen molar-refractivity contribution >= 4 is 11.3 Å². The maximum Gasteiger partial charge on any atom is 0.0343 e. The molecule has 2 aliphatic carbocycles. The van der Waals surface area contributed by atoms with Crippen LogP contribution in [-0.2, 0) is 6.42 Å². The highest BCUT2D eigenvalue weighted by Gasteiger charge is 2.55. The number of hydrogen-bond donors (Lipinski definition) is 1. The van der Waals surface area contributed by atoms with Crippen LogP contribution in [0.4, 0.5) is 0 Å². The lowest BCUT2D eigenvalue weighted by atomic mass is 9.92. The second-order valence-electron chi connectivity index (χ2n) is 5.96. The fourth-order valence-electron chi connectivity index (χ4n) is 4.06. The molecule has 2 heteroatoms. The SMILES string of the molecule is Cc1sccc1C(N)C1C2CCc3ccccc3C21. The zero-order valence-corrected chi connectivity index (χ0v) is 12.0. The van der Waals surface area contributed by atoms with Crippen molar-refractivity contribution < 1.29 is 0 Å². The largest absolute Gasteiger partial charge is 0.324 e. The smallest absolute Gasteiger partial charge is 0.0343 e. The van der Waals surface area contributed by atoms with Gasteiger partial charge in [-0.1, -0.05) is 24.3 Å². The van der Waals surface area contributed by atoms with Crippen molar-refractivity contribution in [1.82, 2.24) is 0 Å². The van der Waals surface area contributed by atoms with Crippen molar-refractivity contribution in [3.63, 3.8) is 0 Å². The Hall–Kier alpha value is -1.12. The molecule has 1 saturated carbocycles. The number of hydrogen-bond acceptors (Lipinski definition) is 2. The second-order valence-corrected chi connectivity index (χ2v) is 7.08. The molecular weight excluding hydrogens is 250 g/mol. The minimum Gasteiger partial charge on any atom is -0.324 e. The summed E-state index contributed by atoms with van der Waals surface area (Å²) in [7, 11) is 0. The molecular formula is C17H19NS. The van der Waals surface area contributed by atoms with Crippen LogP contribution in [0.2, 0.25) is 0 Å². The van der Waals surface area contributed by atoms with E-state index in [0.717, 1.165) is 11.8 Å². The van der Waals surface area contributed by atoms with Gasteiger partial charge in [0.05, 0.1) is 0 Å². The van der Waals surface area contributed by atoms with E-state index in [9.17, 15) is 0 Å². The molecule has 1 aromatic heterocycles. The molecule has 1 nitrogen and oxygen atoms in total. The molecule has 1 aromatic carbocycles. The van der Waals surface area contributed by atoms with Crippen molar-refractivity contribution in [3.8, 4) is 0 Å². The molecule has 4 atom stereocenters. The lowest BCUT2D eigenvalue weighted by molar-refractivity contribution is 0.555. The van der Waals surface area contributed by atoms with Crippen molar-refractivity contribution in [1.29, 1.82) is 0 Å². The van der Waals surface area contributed by atoms with Gasteiger partial charge in [0.2, 0.25) is 0 Å². The molecule has 4 unspecified atom stereocenters. The number of aryl methyl sites for hydroxylation is 2. The molecule has 2 aliphatic rings. The average Bonchev–Trinajstić information content (AvgIpc) is 3.04. The fraction of sp³-hybridized carbons (Fsp3) is 0.412. The van der Waals surface area contributed by atoms with Crippen molar-refractivity contribution in [2.45, 2.75) is 31.7 Å². The molecule has 0 saturated heterocycles. The zero-order valence-electron chi connectivity index (χ0n) is 11.2. The van der Waals surface area contributed by atoms with E-state index in [2.05, 4.69) is 42.6 Å². The van der Waals surface area contributed by atoms with Crippen LogP contribution < -0.4 is 5.73 Å². The van der Waals surface area contributed by atoms with E-state index in [0.29, 0.717) is 5.92 Å². The van der Waals surface area contributed by atoms with E-state index in [-0.39, 0.29) is 6.04 Å². The number of thiophene rings is 1. The maximum absolute atomic E-state index is 6.57. The van der Waals surface area contributed by atoms with Crippen LogP contribution in [0.1, 0.15) is 39.9 Å². The van der Waals surface area contributed by atoms with E-state index in [1.54, 1.807) is 11.1 Å². The lowest BCUT2D eigenvalue weighted by Crippen LogP contribution is -2.14. The lowest BCUT2D eigenvalue weighted by Gasteiger charge is -2.13. The highest BCUT2D eigenvalue weighted by Crippen LogP contribution is 2.63. The first-order valence-electron chi connectivity index (χ1n) is 7.15. The van der Waals surface area contributed by atoms with E-state index in [1.165, 1.54) is 23.3 Å². The Morgan fingerprint density at radius 2 is 2.11 bits per heavy atom. The van der Waals surface area contributed by atoms with Crippen LogP contribution in [0.3, 0.4) is 0 Å². The zero-order chi connectivity index (χ0) is 13.0. The van der Waals surface area contributed by atoms with Crippen molar-refractivity contribution in [2.24, 2.45) is 17.6 Å².